The average molecular weight is 327 g/mol. The van der Waals surface area contributed by atoms with Gasteiger partial charge in [0.1, 0.15) is 0 Å². The summed E-state index contributed by atoms with van der Waals surface area (Å²) in [5.74, 6) is 0.681. The molecular formula is C18H21N3OS. The number of carbonyl (C=O) groups is 1. The van der Waals surface area contributed by atoms with Crippen molar-refractivity contribution in [2.75, 3.05) is 13.1 Å². The first-order chi connectivity index (χ1) is 11.3. The third-order valence-electron chi connectivity index (χ3n) is 5.18. The molecule has 0 aliphatic carbocycles. The molecule has 3 aliphatic heterocycles. The van der Waals surface area contributed by atoms with Crippen molar-refractivity contribution in [2.45, 2.75) is 31.3 Å². The Hall–Kier alpha value is -1.72. The summed E-state index contributed by atoms with van der Waals surface area (Å²) in [5.41, 5.74) is 1.25. The Morgan fingerprint density at radius 1 is 1.30 bits per heavy atom. The smallest absolute Gasteiger partial charge is 0.261 e. The number of hydrogen-bond acceptors (Lipinski definition) is 4. The lowest BCUT2D eigenvalue weighted by Gasteiger charge is -2.51. The normalized spacial score (nSPS) is 29.4. The molecule has 5 heteroatoms. The number of piperidine rings is 3. The predicted molar refractivity (Wildman–Crippen MR) is 91.6 cm³/mol. The van der Waals surface area contributed by atoms with Crippen LogP contribution in [0.4, 0.5) is 0 Å². The summed E-state index contributed by atoms with van der Waals surface area (Å²) in [6.07, 6.45) is 7.10. The van der Waals surface area contributed by atoms with E-state index in [2.05, 4.69) is 21.3 Å². The highest BCUT2D eigenvalue weighted by Gasteiger charge is 2.42. The van der Waals surface area contributed by atoms with E-state index < -0.39 is 0 Å². The second-order valence-corrected chi connectivity index (χ2v) is 7.43. The molecule has 3 fully saturated rings. The van der Waals surface area contributed by atoms with Crippen molar-refractivity contribution in [3.05, 3.63) is 52.5 Å². The largest absolute Gasteiger partial charge is 0.347 e. The third-order valence-corrected chi connectivity index (χ3v) is 6.04. The minimum atomic E-state index is 0.0786. The molecule has 0 saturated carbocycles. The summed E-state index contributed by atoms with van der Waals surface area (Å²) in [7, 11) is 0. The van der Waals surface area contributed by atoms with Crippen LogP contribution in [0.5, 0.6) is 0 Å². The summed E-state index contributed by atoms with van der Waals surface area (Å²) < 4.78 is 0. The van der Waals surface area contributed by atoms with Gasteiger partial charge in [0.05, 0.1) is 4.88 Å². The van der Waals surface area contributed by atoms with Crippen LogP contribution in [-0.4, -0.2) is 41.0 Å². The van der Waals surface area contributed by atoms with Crippen molar-refractivity contribution in [2.24, 2.45) is 5.92 Å². The number of nitrogens with zero attached hydrogens (tertiary/aromatic N) is 2. The van der Waals surface area contributed by atoms with Crippen molar-refractivity contribution in [1.29, 1.82) is 0 Å². The molecule has 0 spiro atoms. The predicted octanol–water partition coefficient (Wildman–Crippen LogP) is 2.58. The van der Waals surface area contributed by atoms with Gasteiger partial charge in [-0.1, -0.05) is 12.1 Å². The third kappa shape index (κ3) is 3.03. The van der Waals surface area contributed by atoms with Crippen molar-refractivity contribution in [3.8, 4) is 0 Å². The number of fused-ring (bicyclic) bond motifs is 3. The monoisotopic (exact) mass is 327 g/mol. The summed E-state index contributed by atoms with van der Waals surface area (Å²) in [6, 6.07) is 8.59. The molecule has 4 nitrogen and oxygen atoms in total. The molecule has 3 aliphatic rings. The Morgan fingerprint density at radius 3 is 2.87 bits per heavy atom. The van der Waals surface area contributed by atoms with Crippen LogP contribution in [0.1, 0.15) is 28.1 Å². The summed E-state index contributed by atoms with van der Waals surface area (Å²) in [4.78, 5) is 20.1. The van der Waals surface area contributed by atoms with E-state index in [1.807, 2.05) is 36.0 Å². The first-order valence-corrected chi connectivity index (χ1v) is 9.16. The standard InChI is InChI=1S/C18H21N3OS/c22-18(16-4-2-10-23-16)20-17-14-5-8-21(9-6-14)15(17)11-13-3-1-7-19-12-13/h1-4,7,10,12,14-15,17H,5-6,8-9,11H2,(H,20,22)/t15-,17+/m0/s1. The number of pyridine rings is 1. The van der Waals surface area contributed by atoms with Crippen LogP contribution in [0.3, 0.4) is 0 Å². The van der Waals surface area contributed by atoms with Gasteiger partial charge < -0.3 is 5.32 Å². The van der Waals surface area contributed by atoms with Crippen molar-refractivity contribution < 1.29 is 4.79 Å². The molecule has 2 aromatic heterocycles. The molecule has 23 heavy (non-hydrogen) atoms. The number of carbonyl (C=O) groups excluding carboxylic acids is 1. The van der Waals surface area contributed by atoms with E-state index in [-0.39, 0.29) is 11.9 Å². The molecule has 0 aromatic carbocycles. The van der Waals surface area contributed by atoms with E-state index in [0.29, 0.717) is 12.0 Å². The molecule has 0 radical (unpaired) electrons. The van der Waals surface area contributed by atoms with Crippen LogP contribution in [0.25, 0.3) is 0 Å². The molecular weight excluding hydrogens is 306 g/mol. The highest BCUT2D eigenvalue weighted by Crippen LogP contribution is 2.34. The van der Waals surface area contributed by atoms with Crippen molar-refractivity contribution in [1.82, 2.24) is 15.2 Å². The van der Waals surface area contributed by atoms with Gasteiger partial charge in [-0.3, -0.25) is 14.7 Å². The lowest BCUT2D eigenvalue weighted by atomic mass is 9.77. The fourth-order valence-corrected chi connectivity index (χ4v) is 4.64. The number of thiophene rings is 1. The molecule has 5 heterocycles. The topological polar surface area (TPSA) is 45.2 Å². The Morgan fingerprint density at radius 2 is 2.17 bits per heavy atom. The fraction of sp³-hybridized carbons (Fsp3) is 0.444. The van der Waals surface area contributed by atoms with Crippen molar-refractivity contribution >= 4 is 17.2 Å². The minimum Gasteiger partial charge on any atom is -0.347 e. The first kappa shape index (κ1) is 14.8. The molecule has 0 unspecified atom stereocenters. The van der Waals surface area contributed by atoms with E-state index in [1.165, 1.54) is 29.7 Å². The van der Waals surface area contributed by atoms with Gasteiger partial charge in [0.15, 0.2) is 0 Å². The number of amides is 1. The van der Waals surface area contributed by atoms with Gasteiger partial charge in [-0.15, -0.1) is 11.3 Å². The van der Waals surface area contributed by atoms with Crippen LogP contribution in [0.2, 0.25) is 0 Å². The number of aromatic nitrogens is 1. The Balaban J connectivity index is 1.53. The lowest BCUT2D eigenvalue weighted by Crippen LogP contribution is -2.64. The number of nitrogens with one attached hydrogen (secondary N) is 1. The molecule has 120 valence electrons. The molecule has 1 amide bonds. The quantitative estimate of drug-likeness (QED) is 0.939. The molecule has 5 rings (SSSR count). The first-order valence-electron chi connectivity index (χ1n) is 8.28. The van der Waals surface area contributed by atoms with Crippen LogP contribution < -0.4 is 5.32 Å². The van der Waals surface area contributed by atoms with E-state index in [0.717, 1.165) is 24.4 Å². The highest BCUT2D eigenvalue weighted by molar-refractivity contribution is 7.12. The minimum absolute atomic E-state index is 0.0786. The summed E-state index contributed by atoms with van der Waals surface area (Å²) in [6.45, 7) is 2.31. The number of rotatable bonds is 4. The van der Waals surface area contributed by atoms with Gasteiger partial charge in [-0.25, -0.2) is 0 Å². The zero-order valence-corrected chi connectivity index (χ0v) is 13.8. The molecule has 2 atom stereocenters. The lowest BCUT2D eigenvalue weighted by molar-refractivity contribution is 0.0137. The maximum Gasteiger partial charge on any atom is 0.261 e. The van der Waals surface area contributed by atoms with Gasteiger partial charge in [-0.05, 0) is 61.3 Å². The zero-order valence-electron chi connectivity index (χ0n) is 13.0. The molecule has 2 bridgehead atoms. The van der Waals surface area contributed by atoms with Gasteiger partial charge >= 0.3 is 0 Å². The molecule has 2 aromatic rings. The van der Waals surface area contributed by atoms with E-state index in [9.17, 15) is 4.79 Å². The number of hydrogen-bond donors (Lipinski definition) is 1. The van der Waals surface area contributed by atoms with Crippen LogP contribution in [0, 0.1) is 5.92 Å². The molecule has 1 N–H and O–H groups in total. The average Bonchev–Trinajstić information content (AvgIpc) is 3.13. The maximum atomic E-state index is 12.5. The Kier molecular flexibility index (Phi) is 4.14. The fourth-order valence-electron chi connectivity index (χ4n) is 4.01. The second-order valence-electron chi connectivity index (χ2n) is 6.48. The summed E-state index contributed by atoms with van der Waals surface area (Å²) in [5, 5.41) is 5.29. The van der Waals surface area contributed by atoms with Gasteiger partial charge in [0.25, 0.3) is 5.91 Å². The van der Waals surface area contributed by atoms with Crippen LogP contribution >= 0.6 is 11.3 Å². The Labute approximate surface area is 140 Å². The maximum absolute atomic E-state index is 12.5. The summed E-state index contributed by atoms with van der Waals surface area (Å²) >= 11 is 1.51. The van der Waals surface area contributed by atoms with Gasteiger partial charge in [0, 0.05) is 24.5 Å². The van der Waals surface area contributed by atoms with Crippen molar-refractivity contribution in [3.63, 3.8) is 0 Å². The zero-order chi connectivity index (χ0) is 15.6. The van der Waals surface area contributed by atoms with E-state index in [1.54, 1.807) is 0 Å². The van der Waals surface area contributed by atoms with Gasteiger partial charge in [-0.2, -0.15) is 0 Å². The molecule has 3 saturated heterocycles. The highest BCUT2D eigenvalue weighted by atomic mass is 32.1. The van der Waals surface area contributed by atoms with E-state index >= 15 is 0 Å². The van der Waals surface area contributed by atoms with Gasteiger partial charge in [0.2, 0.25) is 0 Å². The Bertz CT molecular complexity index is 650. The van der Waals surface area contributed by atoms with E-state index in [4.69, 9.17) is 0 Å². The second kappa shape index (κ2) is 6.42. The van der Waals surface area contributed by atoms with Crippen LogP contribution in [0.15, 0.2) is 42.0 Å². The SMILES string of the molecule is O=C(N[C@@H]1C2CCN(CC2)[C@H]1Cc1cccnc1)c1cccs1. The van der Waals surface area contributed by atoms with Crippen LogP contribution in [-0.2, 0) is 6.42 Å².